The van der Waals surface area contributed by atoms with Gasteiger partial charge in [-0.3, -0.25) is 4.79 Å². The highest BCUT2D eigenvalue weighted by atomic mass is 79.9. The van der Waals surface area contributed by atoms with Crippen molar-refractivity contribution in [1.29, 1.82) is 0 Å². The highest BCUT2D eigenvalue weighted by Crippen LogP contribution is 2.30. The van der Waals surface area contributed by atoms with Crippen LogP contribution in [-0.2, 0) is 4.79 Å². The Morgan fingerprint density at radius 1 is 0.967 bits per heavy atom. The molecule has 3 aromatic rings. The van der Waals surface area contributed by atoms with Gasteiger partial charge in [-0.05, 0) is 41.3 Å². The van der Waals surface area contributed by atoms with Crippen molar-refractivity contribution in [3.63, 3.8) is 0 Å². The van der Waals surface area contributed by atoms with Crippen molar-refractivity contribution in [1.82, 2.24) is 5.43 Å². The molecule has 0 aliphatic carbocycles. The van der Waals surface area contributed by atoms with E-state index in [2.05, 4.69) is 50.7 Å². The Kier molecular flexibility index (Phi) is 7.63. The molecule has 0 aliphatic heterocycles. The number of methoxy groups -OCH3 is 1. The zero-order chi connectivity index (χ0) is 21.3. The zero-order valence-corrected chi connectivity index (χ0v) is 18.5. The lowest BCUT2D eigenvalue weighted by Crippen LogP contribution is -2.26. The fourth-order valence-corrected chi connectivity index (χ4v) is 3.24. The SMILES string of the molecule is CC/C(=N\NC(=O)COc1ccc(Br)cc1OC)c1ccc(-c2ccccc2)cc1. The number of nitrogens with one attached hydrogen (secondary N) is 1. The second-order valence-corrected chi connectivity index (χ2v) is 7.39. The Bertz CT molecular complexity index is 1020. The third kappa shape index (κ3) is 5.70. The number of benzene rings is 3. The van der Waals surface area contributed by atoms with Gasteiger partial charge in [0, 0.05) is 4.47 Å². The Morgan fingerprint density at radius 3 is 2.33 bits per heavy atom. The molecule has 0 aliphatic rings. The fraction of sp³-hybridized carbons (Fsp3) is 0.167. The minimum atomic E-state index is -0.341. The first-order chi connectivity index (χ1) is 14.6. The van der Waals surface area contributed by atoms with Crippen molar-refractivity contribution in [2.24, 2.45) is 5.10 Å². The average Bonchev–Trinajstić information content (AvgIpc) is 2.79. The van der Waals surface area contributed by atoms with Crippen LogP contribution in [0.15, 0.2) is 82.4 Å². The summed E-state index contributed by atoms with van der Waals surface area (Å²) in [6.45, 7) is 1.84. The molecule has 3 rings (SSSR count). The number of carbonyl (C=O) groups is 1. The Morgan fingerprint density at radius 2 is 1.67 bits per heavy atom. The maximum Gasteiger partial charge on any atom is 0.277 e. The number of halogens is 1. The number of nitrogens with zero attached hydrogens (tertiary/aromatic N) is 1. The van der Waals surface area contributed by atoms with Crippen LogP contribution in [0.4, 0.5) is 0 Å². The van der Waals surface area contributed by atoms with Crippen molar-refractivity contribution < 1.29 is 14.3 Å². The van der Waals surface area contributed by atoms with E-state index in [1.165, 1.54) is 0 Å². The molecule has 0 aromatic heterocycles. The summed E-state index contributed by atoms with van der Waals surface area (Å²) in [7, 11) is 1.55. The summed E-state index contributed by atoms with van der Waals surface area (Å²) in [6, 6.07) is 23.7. The highest BCUT2D eigenvalue weighted by molar-refractivity contribution is 9.10. The average molecular weight is 467 g/mol. The first-order valence-electron chi connectivity index (χ1n) is 9.58. The number of carbonyl (C=O) groups excluding carboxylic acids is 1. The minimum absolute atomic E-state index is 0.161. The van der Waals surface area contributed by atoms with Crippen LogP contribution in [0.3, 0.4) is 0 Å². The summed E-state index contributed by atoms with van der Waals surface area (Å²) in [6.07, 6.45) is 0.687. The largest absolute Gasteiger partial charge is 0.493 e. The summed E-state index contributed by atoms with van der Waals surface area (Å²) < 4.78 is 11.7. The molecule has 0 fully saturated rings. The Hall–Kier alpha value is -3.12. The van der Waals surface area contributed by atoms with Crippen LogP contribution >= 0.6 is 15.9 Å². The second-order valence-electron chi connectivity index (χ2n) is 6.47. The molecule has 0 heterocycles. The lowest BCUT2D eigenvalue weighted by Gasteiger charge is -2.11. The highest BCUT2D eigenvalue weighted by Gasteiger charge is 2.09. The van der Waals surface area contributed by atoms with Gasteiger partial charge in [-0.25, -0.2) is 5.43 Å². The Labute approximate surface area is 184 Å². The number of amides is 1. The molecule has 0 bridgehead atoms. The molecule has 0 radical (unpaired) electrons. The molecular weight excluding hydrogens is 444 g/mol. The maximum absolute atomic E-state index is 12.2. The number of hydrogen-bond donors (Lipinski definition) is 1. The number of rotatable bonds is 8. The van der Waals surface area contributed by atoms with Gasteiger partial charge < -0.3 is 9.47 Å². The van der Waals surface area contributed by atoms with E-state index in [1.807, 2.05) is 43.3 Å². The molecule has 30 heavy (non-hydrogen) atoms. The van der Waals surface area contributed by atoms with Crippen LogP contribution in [0.25, 0.3) is 11.1 Å². The maximum atomic E-state index is 12.2. The predicted molar refractivity (Wildman–Crippen MR) is 123 cm³/mol. The molecule has 0 unspecified atom stereocenters. The lowest BCUT2D eigenvalue weighted by molar-refractivity contribution is -0.123. The lowest BCUT2D eigenvalue weighted by atomic mass is 10.0. The first kappa shape index (κ1) is 21.6. The first-order valence-corrected chi connectivity index (χ1v) is 10.4. The number of hydrazone groups is 1. The summed E-state index contributed by atoms with van der Waals surface area (Å²) in [5, 5.41) is 4.28. The number of ether oxygens (including phenoxy) is 2. The van der Waals surface area contributed by atoms with Gasteiger partial charge in [0.15, 0.2) is 18.1 Å². The van der Waals surface area contributed by atoms with E-state index in [4.69, 9.17) is 9.47 Å². The molecule has 5 nitrogen and oxygen atoms in total. The van der Waals surface area contributed by atoms with Crippen molar-refractivity contribution in [2.75, 3.05) is 13.7 Å². The van der Waals surface area contributed by atoms with Crippen LogP contribution in [0.2, 0.25) is 0 Å². The predicted octanol–water partition coefficient (Wildman–Crippen LogP) is 5.43. The van der Waals surface area contributed by atoms with Gasteiger partial charge in [-0.15, -0.1) is 0 Å². The van der Waals surface area contributed by atoms with Crippen molar-refractivity contribution in [3.8, 4) is 22.6 Å². The van der Waals surface area contributed by atoms with E-state index in [1.54, 1.807) is 19.2 Å². The normalized spacial score (nSPS) is 11.1. The van der Waals surface area contributed by atoms with Crippen molar-refractivity contribution in [3.05, 3.63) is 82.8 Å². The van der Waals surface area contributed by atoms with E-state index in [0.29, 0.717) is 17.9 Å². The monoisotopic (exact) mass is 466 g/mol. The van der Waals surface area contributed by atoms with Gasteiger partial charge >= 0.3 is 0 Å². The topological polar surface area (TPSA) is 59.9 Å². The van der Waals surface area contributed by atoms with Gasteiger partial charge in [0.05, 0.1) is 12.8 Å². The van der Waals surface area contributed by atoms with E-state index in [0.717, 1.165) is 26.9 Å². The van der Waals surface area contributed by atoms with E-state index >= 15 is 0 Å². The quantitative estimate of drug-likeness (QED) is 0.355. The van der Waals surface area contributed by atoms with E-state index in [9.17, 15) is 4.79 Å². The molecule has 0 saturated carbocycles. The van der Waals surface area contributed by atoms with E-state index in [-0.39, 0.29) is 12.5 Å². The third-order valence-corrected chi connectivity index (χ3v) is 4.95. The summed E-state index contributed by atoms with van der Waals surface area (Å²) >= 11 is 3.37. The molecule has 0 spiro atoms. The molecule has 3 aromatic carbocycles. The van der Waals surface area contributed by atoms with Crippen molar-refractivity contribution >= 4 is 27.5 Å². The minimum Gasteiger partial charge on any atom is -0.493 e. The van der Waals surface area contributed by atoms with Gasteiger partial charge in [-0.1, -0.05) is 77.5 Å². The van der Waals surface area contributed by atoms with E-state index < -0.39 is 0 Å². The fourth-order valence-electron chi connectivity index (χ4n) is 2.90. The molecular formula is C24H23BrN2O3. The zero-order valence-electron chi connectivity index (χ0n) is 16.9. The van der Waals surface area contributed by atoms with Gasteiger partial charge in [-0.2, -0.15) is 5.10 Å². The Balaban J connectivity index is 1.61. The molecule has 154 valence electrons. The summed E-state index contributed by atoms with van der Waals surface area (Å²) in [4.78, 5) is 12.2. The number of hydrogen-bond acceptors (Lipinski definition) is 4. The van der Waals surface area contributed by atoms with Gasteiger partial charge in [0.25, 0.3) is 5.91 Å². The molecule has 1 N–H and O–H groups in total. The molecule has 1 amide bonds. The van der Waals surface area contributed by atoms with Gasteiger partial charge in [0.1, 0.15) is 0 Å². The molecule has 0 atom stereocenters. The van der Waals surface area contributed by atoms with Crippen molar-refractivity contribution in [2.45, 2.75) is 13.3 Å². The van der Waals surface area contributed by atoms with Crippen LogP contribution in [0.5, 0.6) is 11.5 Å². The summed E-state index contributed by atoms with van der Waals surface area (Å²) in [5.41, 5.74) is 6.63. The molecule has 6 heteroatoms. The standard InChI is InChI=1S/C24H23BrN2O3/c1-3-21(19-11-9-18(10-12-19)17-7-5-4-6-8-17)26-27-24(28)16-30-22-14-13-20(25)15-23(22)29-2/h4-15H,3,16H2,1-2H3,(H,27,28)/b26-21+. The van der Waals surface area contributed by atoms with Crippen LogP contribution in [0.1, 0.15) is 18.9 Å². The smallest absolute Gasteiger partial charge is 0.277 e. The third-order valence-electron chi connectivity index (χ3n) is 4.46. The van der Waals surface area contributed by atoms with Crippen LogP contribution < -0.4 is 14.9 Å². The molecule has 0 saturated heterocycles. The van der Waals surface area contributed by atoms with Gasteiger partial charge in [0.2, 0.25) is 0 Å². The van der Waals surface area contributed by atoms with Crippen LogP contribution in [-0.4, -0.2) is 25.3 Å². The van der Waals surface area contributed by atoms with Crippen LogP contribution in [0, 0.1) is 0 Å². The second kappa shape index (κ2) is 10.6. The summed E-state index contributed by atoms with van der Waals surface area (Å²) in [5.74, 6) is 0.701.